The molecule has 0 fully saturated rings. The molecule has 0 N–H and O–H groups in total. The molecule has 22 heavy (non-hydrogen) atoms. The van der Waals surface area contributed by atoms with Crippen LogP contribution in [0.1, 0.15) is 21.5 Å². The number of carbonyl (C=O) groups is 1. The van der Waals surface area contributed by atoms with E-state index >= 15 is 0 Å². The first-order valence-corrected chi connectivity index (χ1v) is 10.7. The van der Waals surface area contributed by atoms with Gasteiger partial charge in [0.2, 0.25) is 8.32 Å². The van der Waals surface area contributed by atoms with Gasteiger partial charge in [-0.2, -0.15) is 0 Å². The Bertz CT molecular complexity index is 668. The summed E-state index contributed by atoms with van der Waals surface area (Å²) < 4.78 is 5.47. The molecule has 2 rings (SSSR count). The van der Waals surface area contributed by atoms with Gasteiger partial charge in [0.05, 0.1) is 11.3 Å². The summed E-state index contributed by atoms with van der Waals surface area (Å²) in [7, 11) is -1.86. The Morgan fingerprint density at radius 2 is 1.59 bits per heavy atom. The summed E-state index contributed by atoms with van der Waals surface area (Å²) in [4.78, 5) is 16.4. The highest BCUT2D eigenvalue weighted by atomic mass is 28.4. The maximum Gasteiger partial charge on any atom is 0.324 e. The molecule has 0 aliphatic carbocycles. The van der Waals surface area contributed by atoms with Gasteiger partial charge in [-0.05, 0) is 56.4 Å². The van der Waals surface area contributed by atoms with Gasteiger partial charge < -0.3 is 4.43 Å². The molecule has 0 aliphatic rings. The average Bonchev–Trinajstić information content (AvgIpc) is 2.45. The van der Waals surface area contributed by atoms with Gasteiger partial charge >= 0.3 is 5.97 Å². The van der Waals surface area contributed by atoms with Crippen molar-refractivity contribution in [3.8, 4) is 0 Å². The van der Waals surface area contributed by atoms with Gasteiger partial charge in [-0.3, -0.25) is 4.99 Å². The van der Waals surface area contributed by atoms with E-state index in [4.69, 9.17) is 4.43 Å². The molecule has 0 bridgehead atoms. The van der Waals surface area contributed by atoms with Crippen LogP contribution < -0.4 is 0 Å². The van der Waals surface area contributed by atoms with E-state index in [1.807, 2.05) is 50.1 Å². The molecule has 0 radical (unpaired) electrons. The monoisotopic (exact) mass is 311 g/mol. The van der Waals surface area contributed by atoms with Crippen molar-refractivity contribution in [3.63, 3.8) is 0 Å². The van der Waals surface area contributed by atoms with E-state index in [2.05, 4.69) is 24.0 Å². The van der Waals surface area contributed by atoms with Crippen LogP contribution in [-0.2, 0) is 4.43 Å². The molecule has 3 nitrogen and oxygen atoms in total. The Morgan fingerprint density at radius 3 is 2.14 bits per heavy atom. The van der Waals surface area contributed by atoms with Gasteiger partial charge in [0.15, 0.2) is 0 Å². The van der Waals surface area contributed by atoms with E-state index in [0.29, 0.717) is 5.56 Å². The maximum atomic E-state index is 12.0. The Labute approximate surface area is 132 Å². The van der Waals surface area contributed by atoms with Gasteiger partial charge in [0.25, 0.3) is 0 Å². The topological polar surface area (TPSA) is 38.7 Å². The Hall–Kier alpha value is -2.20. The van der Waals surface area contributed by atoms with Crippen molar-refractivity contribution in [1.82, 2.24) is 0 Å². The zero-order valence-corrected chi connectivity index (χ0v) is 14.5. The molecular formula is C18H21NO2Si. The van der Waals surface area contributed by atoms with Crippen molar-refractivity contribution in [2.75, 3.05) is 0 Å². The van der Waals surface area contributed by atoms with Crippen LogP contribution in [0, 0.1) is 6.92 Å². The quantitative estimate of drug-likeness (QED) is 0.604. The zero-order valence-electron chi connectivity index (χ0n) is 13.5. The second-order valence-electron chi connectivity index (χ2n) is 6.22. The number of benzene rings is 2. The number of nitrogens with zero attached hydrogens (tertiary/aromatic N) is 1. The third-order valence-electron chi connectivity index (χ3n) is 2.94. The fraction of sp³-hybridized carbons (Fsp3) is 0.222. The number of aliphatic imine (C=N–C) groups is 1. The Kier molecular flexibility index (Phi) is 4.93. The lowest BCUT2D eigenvalue weighted by Gasteiger charge is -2.17. The van der Waals surface area contributed by atoms with Crippen LogP contribution in [0.4, 0.5) is 5.69 Å². The van der Waals surface area contributed by atoms with Crippen LogP contribution in [0.3, 0.4) is 0 Å². The second-order valence-corrected chi connectivity index (χ2v) is 10.6. The smallest absolute Gasteiger partial charge is 0.324 e. The van der Waals surface area contributed by atoms with Crippen LogP contribution in [-0.4, -0.2) is 20.5 Å². The molecule has 0 spiro atoms. The molecule has 0 aromatic heterocycles. The van der Waals surface area contributed by atoms with Crippen LogP contribution in [0.5, 0.6) is 0 Å². The van der Waals surface area contributed by atoms with Crippen molar-refractivity contribution in [1.29, 1.82) is 0 Å². The molecule has 0 heterocycles. The molecule has 0 saturated heterocycles. The predicted molar refractivity (Wildman–Crippen MR) is 93.6 cm³/mol. The zero-order chi connectivity index (χ0) is 16.2. The standard InChI is InChI=1S/C18H21NO2Si/c1-14-5-7-15(8-6-14)13-19-17-11-9-16(10-12-17)18(20)21-22(2,3)4/h5-13H,1-4H3. The lowest BCUT2D eigenvalue weighted by molar-refractivity contribution is 0.0724. The minimum absolute atomic E-state index is 0.256. The summed E-state index contributed by atoms with van der Waals surface area (Å²) in [5.74, 6) is -0.256. The highest BCUT2D eigenvalue weighted by Gasteiger charge is 2.20. The summed E-state index contributed by atoms with van der Waals surface area (Å²) in [6.07, 6.45) is 1.81. The van der Waals surface area contributed by atoms with Gasteiger partial charge in [0, 0.05) is 6.21 Å². The molecule has 114 valence electrons. The molecule has 0 saturated carbocycles. The van der Waals surface area contributed by atoms with Crippen LogP contribution in [0.25, 0.3) is 0 Å². The maximum absolute atomic E-state index is 12.0. The number of rotatable bonds is 4. The first kappa shape index (κ1) is 16.2. The van der Waals surface area contributed by atoms with Crippen molar-refractivity contribution in [2.45, 2.75) is 26.6 Å². The molecule has 4 heteroatoms. The molecule has 2 aromatic rings. The molecule has 0 aliphatic heterocycles. The summed E-state index contributed by atoms with van der Waals surface area (Å²) in [6, 6.07) is 15.3. The van der Waals surface area contributed by atoms with Crippen molar-refractivity contribution in [2.24, 2.45) is 4.99 Å². The minimum Gasteiger partial charge on any atom is -0.516 e. The van der Waals surface area contributed by atoms with E-state index < -0.39 is 8.32 Å². The third-order valence-corrected chi connectivity index (χ3v) is 3.74. The predicted octanol–water partition coefficient (Wildman–Crippen LogP) is 4.74. The first-order valence-electron chi connectivity index (χ1n) is 7.28. The van der Waals surface area contributed by atoms with Crippen LogP contribution in [0.15, 0.2) is 53.5 Å². The van der Waals surface area contributed by atoms with Crippen LogP contribution >= 0.6 is 0 Å². The SMILES string of the molecule is Cc1ccc(C=Nc2ccc(C(=O)O[Si](C)(C)C)cc2)cc1. The number of aryl methyl sites for hydroxylation is 1. The summed E-state index contributed by atoms with van der Waals surface area (Å²) in [6.45, 7) is 8.03. The second kappa shape index (κ2) is 6.71. The van der Waals surface area contributed by atoms with Crippen molar-refractivity contribution < 1.29 is 9.22 Å². The normalized spacial score (nSPS) is 11.6. The fourth-order valence-corrected chi connectivity index (χ4v) is 2.50. The van der Waals surface area contributed by atoms with E-state index in [1.54, 1.807) is 12.1 Å². The number of carbonyl (C=O) groups excluding carboxylic acids is 1. The van der Waals surface area contributed by atoms with E-state index in [1.165, 1.54) is 5.56 Å². The highest BCUT2D eigenvalue weighted by molar-refractivity contribution is 6.71. The minimum atomic E-state index is -1.86. The van der Waals surface area contributed by atoms with E-state index in [-0.39, 0.29) is 5.97 Å². The number of hydrogen-bond acceptors (Lipinski definition) is 3. The van der Waals surface area contributed by atoms with Gasteiger partial charge in [-0.15, -0.1) is 0 Å². The lowest BCUT2D eigenvalue weighted by Crippen LogP contribution is -2.29. The van der Waals surface area contributed by atoms with Gasteiger partial charge in [0.1, 0.15) is 0 Å². The average molecular weight is 311 g/mol. The summed E-state index contributed by atoms with van der Waals surface area (Å²) in [5.41, 5.74) is 3.65. The molecule has 0 unspecified atom stereocenters. The third kappa shape index (κ3) is 4.97. The first-order chi connectivity index (χ1) is 10.3. The Morgan fingerprint density at radius 1 is 1.00 bits per heavy atom. The van der Waals surface area contributed by atoms with Gasteiger partial charge in [-0.25, -0.2) is 4.79 Å². The lowest BCUT2D eigenvalue weighted by atomic mass is 10.2. The largest absolute Gasteiger partial charge is 0.516 e. The van der Waals surface area contributed by atoms with Crippen molar-refractivity contribution >= 4 is 26.2 Å². The molecule has 2 aromatic carbocycles. The summed E-state index contributed by atoms with van der Waals surface area (Å²) >= 11 is 0. The van der Waals surface area contributed by atoms with E-state index in [9.17, 15) is 4.79 Å². The van der Waals surface area contributed by atoms with Crippen LogP contribution in [0.2, 0.25) is 19.6 Å². The van der Waals surface area contributed by atoms with Crippen molar-refractivity contribution in [3.05, 3.63) is 65.2 Å². The molecular weight excluding hydrogens is 290 g/mol. The summed E-state index contributed by atoms with van der Waals surface area (Å²) in [5, 5.41) is 0. The molecule has 0 atom stereocenters. The highest BCUT2D eigenvalue weighted by Crippen LogP contribution is 2.15. The van der Waals surface area contributed by atoms with E-state index in [0.717, 1.165) is 11.3 Å². The molecule has 0 amide bonds. The number of hydrogen-bond donors (Lipinski definition) is 0. The fourth-order valence-electron chi connectivity index (χ4n) is 1.82. The van der Waals surface area contributed by atoms with Gasteiger partial charge in [-0.1, -0.05) is 29.8 Å². The Balaban J connectivity index is 2.05.